The molecule has 0 radical (unpaired) electrons. The van der Waals surface area contributed by atoms with E-state index in [1.54, 1.807) is 0 Å². The number of allylic oxidation sites excluding steroid dienone is 1. The zero-order chi connectivity index (χ0) is 16.1. The molecule has 0 spiro atoms. The molecular weight excluding hydrogens is 254 g/mol. The fraction of sp³-hybridized carbons (Fsp3) is 0.550. The maximum absolute atomic E-state index is 3.57. The Bertz CT molecular complexity index is 435. The number of hydrogen-bond acceptors (Lipinski definition) is 1. The number of hydrogen-bond donors (Lipinski definition) is 1. The van der Waals surface area contributed by atoms with E-state index in [1.807, 2.05) is 13.8 Å². The standard InChI is InChI=1S/C15H25N.C5H8/c1-4-6-7-12-16-15-11-8-10-13(3)14(15)9-5-2;1-4-5(2)3/h8,10-11,16H,4-7,9,12H2,1-3H3;1H2,2-3H3. The molecule has 1 nitrogen and oxygen atoms in total. The number of nitrogens with one attached hydrogen (secondary N) is 1. The minimum absolute atomic E-state index is 1.11. The molecule has 0 aromatic heterocycles. The number of rotatable bonds is 7. The van der Waals surface area contributed by atoms with Crippen LogP contribution in [0.15, 0.2) is 36.1 Å². The van der Waals surface area contributed by atoms with Crippen LogP contribution in [-0.4, -0.2) is 6.54 Å². The Balaban J connectivity index is 0.000000690. The molecule has 0 aliphatic heterocycles. The SMILES string of the molecule is C=C=C(C)C.CCCCCNc1cccc(C)c1CCC. The molecule has 0 atom stereocenters. The van der Waals surface area contributed by atoms with Crippen LogP contribution in [0.25, 0.3) is 0 Å². The maximum atomic E-state index is 3.57. The van der Waals surface area contributed by atoms with Gasteiger partial charge in [0.25, 0.3) is 0 Å². The minimum Gasteiger partial charge on any atom is -0.385 e. The fourth-order valence-corrected chi connectivity index (χ4v) is 2.05. The Morgan fingerprint density at radius 3 is 2.33 bits per heavy atom. The van der Waals surface area contributed by atoms with Crippen LogP contribution in [0.3, 0.4) is 0 Å². The van der Waals surface area contributed by atoms with Crippen molar-refractivity contribution in [2.45, 2.75) is 66.7 Å². The molecule has 0 saturated heterocycles. The Morgan fingerprint density at radius 2 is 1.81 bits per heavy atom. The zero-order valence-electron chi connectivity index (χ0n) is 14.7. The van der Waals surface area contributed by atoms with E-state index < -0.39 is 0 Å². The Morgan fingerprint density at radius 1 is 1.14 bits per heavy atom. The average molecular weight is 287 g/mol. The minimum atomic E-state index is 1.11. The highest BCUT2D eigenvalue weighted by Crippen LogP contribution is 2.21. The lowest BCUT2D eigenvalue weighted by atomic mass is 10.0. The lowest BCUT2D eigenvalue weighted by molar-refractivity contribution is 0.743. The normalized spacial score (nSPS) is 9.38. The second-order valence-corrected chi connectivity index (χ2v) is 5.66. The monoisotopic (exact) mass is 287 g/mol. The van der Waals surface area contributed by atoms with Gasteiger partial charge in [-0.3, -0.25) is 0 Å². The highest BCUT2D eigenvalue weighted by Gasteiger charge is 2.03. The molecule has 0 bridgehead atoms. The second-order valence-electron chi connectivity index (χ2n) is 5.66. The van der Waals surface area contributed by atoms with Gasteiger partial charge >= 0.3 is 0 Å². The first-order valence-electron chi connectivity index (χ1n) is 8.22. The first-order chi connectivity index (χ1) is 10.1. The Labute approximate surface area is 132 Å². The van der Waals surface area contributed by atoms with Crippen LogP contribution >= 0.6 is 0 Å². The number of anilines is 1. The number of aryl methyl sites for hydroxylation is 1. The van der Waals surface area contributed by atoms with E-state index in [0.717, 1.165) is 12.1 Å². The van der Waals surface area contributed by atoms with Gasteiger partial charge in [0.05, 0.1) is 0 Å². The Kier molecular flexibility index (Phi) is 11.4. The van der Waals surface area contributed by atoms with Gasteiger partial charge in [0, 0.05) is 12.2 Å². The lowest BCUT2D eigenvalue weighted by Crippen LogP contribution is -2.05. The molecular formula is C20H33N. The smallest absolute Gasteiger partial charge is 0.0375 e. The summed E-state index contributed by atoms with van der Waals surface area (Å²) in [6.07, 6.45) is 6.28. The van der Waals surface area contributed by atoms with E-state index in [1.165, 1.54) is 48.9 Å². The van der Waals surface area contributed by atoms with E-state index in [2.05, 4.69) is 56.6 Å². The van der Waals surface area contributed by atoms with Crippen LogP contribution in [0, 0.1) is 6.92 Å². The largest absolute Gasteiger partial charge is 0.385 e. The van der Waals surface area contributed by atoms with Gasteiger partial charge in [-0.2, -0.15) is 0 Å². The molecule has 0 saturated carbocycles. The third kappa shape index (κ3) is 9.15. The lowest BCUT2D eigenvalue weighted by Gasteiger charge is -2.13. The van der Waals surface area contributed by atoms with E-state index >= 15 is 0 Å². The van der Waals surface area contributed by atoms with Gasteiger partial charge in [-0.1, -0.05) is 51.8 Å². The van der Waals surface area contributed by atoms with Crippen molar-refractivity contribution in [2.75, 3.05) is 11.9 Å². The van der Waals surface area contributed by atoms with Crippen LogP contribution in [0.1, 0.15) is 64.5 Å². The summed E-state index contributed by atoms with van der Waals surface area (Å²) in [4.78, 5) is 0. The van der Waals surface area contributed by atoms with Gasteiger partial charge < -0.3 is 5.32 Å². The summed E-state index contributed by atoms with van der Waals surface area (Å²) in [6.45, 7) is 15.1. The van der Waals surface area contributed by atoms with Gasteiger partial charge in [-0.15, -0.1) is 5.73 Å². The van der Waals surface area contributed by atoms with Crippen molar-refractivity contribution in [1.82, 2.24) is 0 Å². The predicted molar refractivity (Wildman–Crippen MR) is 97.2 cm³/mol. The summed E-state index contributed by atoms with van der Waals surface area (Å²) in [7, 11) is 0. The van der Waals surface area contributed by atoms with Crippen LogP contribution in [0.4, 0.5) is 5.69 Å². The maximum Gasteiger partial charge on any atom is 0.0375 e. The molecule has 0 heterocycles. The van der Waals surface area contributed by atoms with Crippen molar-refractivity contribution < 1.29 is 0 Å². The van der Waals surface area contributed by atoms with Crippen molar-refractivity contribution in [3.8, 4) is 0 Å². The highest BCUT2D eigenvalue weighted by atomic mass is 14.9. The van der Waals surface area contributed by atoms with E-state index in [0.29, 0.717) is 0 Å². The van der Waals surface area contributed by atoms with E-state index in [9.17, 15) is 0 Å². The molecule has 21 heavy (non-hydrogen) atoms. The summed E-state index contributed by atoms with van der Waals surface area (Å²) in [6, 6.07) is 6.57. The van der Waals surface area contributed by atoms with Crippen molar-refractivity contribution in [2.24, 2.45) is 0 Å². The van der Waals surface area contributed by atoms with Crippen molar-refractivity contribution >= 4 is 5.69 Å². The molecule has 1 aromatic carbocycles. The van der Waals surface area contributed by atoms with Crippen LogP contribution in [0.5, 0.6) is 0 Å². The van der Waals surface area contributed by atoms with Gasteiger partial charge in [0.1, 0.15) is 0 Å². The first kappa shape index (κ1) is 19.5. The summed E-state index contributed by atoms with van der Waals surface area (Å²) in [5.74, 6) is 0. The van der Waals surface area contributed by atoms with Crippen molar-refractivity contribution in [3.05, 3.63) is 47.2 Å². The first-order valence-corrected chi connectivity index (χ1v) is 8.22. The number of benzene rings is 1. The van der Waals surface area contributed by atoms with Crippen LogP contribution in [0.2, 0.25) is 0 Å². The topological polar surface area (TPSA) is 12.0 Å². The van der Waals surface area contributed by atoms with Gasteiger partial charge in [0.15, 0.2) is 0 Å². The summed E-state index contributed by atoms with van der Waals surface area (Å²) >= 11 is 0. The third-order valence-electron chi connectivity index (χ3n) is 3.36. The molecule has 118 valence electrons. The quantitative estimate of drug-likeness (QED) is 0.459. The van der Waals surface area contributed by atoms with Crippen LogP contribution < -0.4 is 5.32 Å². The number of unbranched alkanes of at least 4 members (excludes halogenated alkanes) is 2. The molecule has 0 unspecified atom stereocenters. The van der Waals surface area contributed by atoms with Crippen LogP contribution in [-0.2, 0) is 6.42 Å². The van der Waals surface area contributed by atoms with Gasteiger partial charge in [0.2, 0.25) is 0 Å². The van der Waals surface area contributed by atoms with Crippen molar-refractivity contribution in [1.29, 1.82) is 0 Å². The summed E-state index contributed by atoms with van der Waals surface area (Å²) < 4.78 is 0. The van der Waals surface area contributed by atoms with E-state index in [-0.39, 0.29) is 0 Å². The third-order valence-corrected chi connectivity index (χ3v) is 3.36. The van der Waals surface area contributed by atoms with Gasteiger partial charge in [-0.25, -0.2) is 0 Å². The molecule has 0 amide bonds. The average Bonchev–Trinajstić information content (AvgIpc) is 2.47. The highest BCUT2D eigenvalue weighted by molar-refractivity contribution is 5.54. The van der Waals surface area contributed by atoms with Gasteiger partial charge in [-0.05, 0) is 56.4 Å². The second kappa shape index (κ2) is 12.3. The Hall–Kier alpha value is -1.46. The molecule has 1 heteroatoms. The fourth-order valence-electron chi connectivity index (χ4n) is 2.05. The molecule has 0 aliphatic rings. The molecule has 0 aliphatic carbocycles. The molecule has 1 rings (SSSR count). The molecule has 1 aromatic rings. The molecule has 1 N–H and O–H groups in total. The molecule has 0 fully saturated rings. The zero-order valence-corrected chi connectivity index (χ0v) is 14.7. The summed E-state index contributed by atoms with van der Waals surface area (Å²) in [5.41, 5.74) is 8.10. The summed E-state index contributed by atoms with van der Waals surface area (Å²) in [5, 5.41) is 3.57. The van der Waals surface area contributed by atoms with Crippen molar-refractivity contribution in [3.63, 3.8) is 0 Å². The predicted octanol–water partition coefficient (Wildman–Crippen LogP) is 6.29. The van der Waals surface area contributed by atoms with E-state index in [4.69, 9.17) is 0 Å².